The second-order valence-corrected chi connectivity index (χ2v) is 5.43. The third-order valence-electron chi connectivity index (χ3n) is 3.64. The monoisotopic (exact) mass is 304 g/mol. The zero-order valence-electron chi connectivity index (χ0n) is 13.8. The van der Waals surface area contributed by atoms with Crippen molar-refractivity contribution in [2.75, 3.05) is 39.4 Å². The molecule has 5 nitrogen and oxygen atoms in total. The lowest BCUT2D eigenvalue weighted by molar-refractivity contribution is 0.0342. The van der Waals surface area contributed by atoms with Gasteiger partial charge in [-0.05, 0) is 25.0 Å². The third kappa shape index (κ3) is 5.66. The number of nitrogens with one attached hydrogen (secondary N) is 2. The highest BCUT2D eigenvalue weighted by molar-refractivity contribution is 5.79. The second-order valence-electron chi connectivity index (χ2n) is 5.43. The van der Waals surface area contributed by atoms with Crippen LogP contribution < -0.4 is 10.6 Å². The summed E-state index contributed by atoms with van der Waals surface area (Å²) < 4.78 is 5.38. The Morgan fingerprint density at radius 3 is 2.23 bits per heavy atom. The SMILES string of the molecule is CCNC(=NCc1ccc(CN2CCOCC2)cc1)NCC. The minimum atomic E-state index is 0.702. The Labute approximate surface area is 133 Å². The van der Waals surface area contributed by atoms with Gasteiger partial charge in [0.05, 0.1) is 19.8 Å². The molecule has 5 heteroatoms. The van der Waals surface area contributed by atoms with E-state index in [9.17, 15) is 0 Å². The van der Waals surface area contributed by atoms with Crippen LogP contribution in [0, 0.1) is 0 Å². The predicted octanol–water partition coefficient (Wildman–Crippen LogP) is 1.59. The van der Waals surface area contributed by atoms with Crippen LogP contribution in [0.25, 0.3) is 0 Å². The van der Waals surface area contributed by atoms with Crippen molar-refractivity contribution in [3.8, 4) is 0 Å². The summed E-state index contributed by atoms with van der Waals surface area (Å²) in [5.41, 5.74) is 2.59. The van der Waals surface area contributed by atoms with Gasteiger partial charge in [-0.1, -0.05) is 24.3 Å². The Bertz CT molecular complexity index is 444. The normalized spacial score (nSPS) is 15.4. The van der Waals surface area contributed by atoms with Crippen molar-refractivity contribution in [3.63, 3.8) is 0 Å². The Morgan fingerprint density at radius 1 is 1.05 bits per heavy atom. The molecule has 22 heavy (non-hydrogen) atoms. The molecule has 1 aromatic rings. The number of guanidine groups is 1. The van der Waals surface area contributed by atoms with Gasteiger partial charge in [-0.3, -0.25) is 4.90 Å². The topological polar surface area (TPSA) is 48.9 Å². The van der Waals surface area contributed by atoms with Gasteiger partial charge in [0.1, 0.15) is 0 Å². The number of nitrogens with zero attached hydrogens (tertiary/aromatic N) is 2. The highest BCUT2D eigenvalue weighted by atomic mass is 16.5. The van der Waals surface area contributed by atoms with Crippen molar-refractivity contribution < 1.29 is 4.74 Å². The van der Waals surface area contributed by atoms with E-state index in [2.05, 4.69) is 58.6 Å². The van der Waals surface area contributed by atoms with E-state index in [4.69, 9.17) is 4.74 Å². The molecule has 0 atom stereocenters. The average Bonchev–Trinajstić information content (AvgIpc) is 2.55. The van der Waals surface area contributed by atoms with Gasteiger partial charge in [0.15, 0.2) is 5.96 Å². The number of aliphatic imine (C=N–C) groups is 1. The molecule has 0 aromatic heterocycles. The van der Waals surface area contributed by atoms with Gasteiger partial charge >= 0.3 is 0 Å². The summed E-state index contributed by atoms with van der Waals surface area (Å²) in [5.74, 6) is 0.877. The van der Waals surface area contributed by atoms with E-state index in [1.54, 1.807) is 0 Å². The summed E-state index contributed by atoms with van der Waals surface area (Å²) in [6.07, 6.45) is 0. The van der Waals surface area contributed by atoms with E-state index in [1.165, 1.54) is 11.1 Å². The van der Waals surface area contributed by atoms with Crippen molar-refractivity contribution in [2.24, 2.45) is 4.99 Å². The molecule has 2 rings (SSSR count). The van der Waals surface area contributed by atoms with Crippen molar-refractivity contribution in [1.82, 2.24) is 15.5 Å². The van der Waals surface area contributed by atoms with E-state index in [0.717, 1.165) is 51.9 Å². The number of rotatable bonds is 6. The second kappa shape index (κ2) is 9.43. The number of ether oxygens (including phenoxy) is 1. The molecule has 1 saturated heterocycles. The quantitative estimate of drug-likeness (QED) is 0.619. The molecular formula is C17H28N4O. The summed E-state index contributed by atoms with van der Waals surface area (Å²) in [4.78, 5) is 7.02. The van der Waals surface area contributed by atoms with Crippen LogP contribution in [0.3, 0.4) is 0 Å². The van der Waals surface area contributed by atoms with Crippen molar-refractivity contribution in [3.05, 3.63) is 35.4 Å². The summed E-state index contributed by atoms with van der Waals surface area (Å²) in [6.45, 7) is 11.4. The van der Waals surface area contributed by atoms with Crippen LogP contribution >= 0.6 is 0 Å². The summed E-state index contributed by atoms with van der Waals surface area (Å²) in [5, 5.41) is 6.48. The van der Waals surface area contributed by atoms with Crippen LogP contribution in [0.5, 0.6) is 0 Å². The van der Waals surface area contributed by atoms with Crippen LogP contribution in [0.15, 0.2) is 29.3 Å². The molecule has 1 aromatic carbocycles. The Morgan fingerprint density at radius 2 is 1.64 bits per heavy atom. The minimum Gasteiger partial charge on any atom is -0.379 e. The Balaban J connectivity index is 1.86. The van der Waals surface area contributed by atoms with Crippen LogP contribution in [0.2, 0.25) is 0 Å². The molecule has 1 fully saturated rings. The van der Waals surface area contributed by atoms with Crippen LogP contribution in [-0.4, -0.2) is 50.3 Å². The van der Waals surface area contributed by atoms with Gasteiger partial charge in [0.25, 0.3) is 0 Å². The Kier molecular flexibility index (Phi) is 7.19. The van der Waals surface area contributed by atoms with Gasteiger partial charge in [0.2, 0.25) is 0 Å². The van der Waals surface area contributed by atoms with Crippen LogP contribution in [0.1, 0.15) is 25.0 Å². The van der Waals surface area contributed by atoms with Crippen LogP contribution in [0.4, 0.5) is 0 Å². The molecule has 0 radical (unpaired) electrons. The number of hydrogen-bond donors (Lipinski definition) is 2. The fraction of sp³-hybridized carbons (Fsp3) is 0.588. The number of hydrogen-bond acceptors (Lipinski definition) is 3. The third-order valence-corrected chi connectivity index (χ3v) is 3.64. The maximum atomic E-state index is 5.38. The van der Waals surface area contributed by atoms with Crippen molar-refractivity contribution in [2.45, 2.75) is 26.9 Å². The molecule has 0 saturated carbocycles. The molecule has 0 bridgehead atoms. The van der Waals surface area contributed by atoms with Crippen molar-refractivity contribution in [1.29, 1.82) is 0 Å². The maximum Gasteiger partial charge on any atom is 0.191 e. The summed E-state index contributed by atoms with van der Waals surface area (Å²) in [6, 6.07) is 8.77. The first-order valence-electron chi connectivity index (χ1n) is 8.22. The molecule has 1 aliphatic rings. The molecule has 0 amide bonds. The lowest BCUT2D eigenvalue weighted by Crippen LogP contribution is -2.36. The molecule has 1 aliphatic heterocycles. The lowest BCUT2D eigenvalue weighted by atomic mass is 10.1. The average molecular weight is 304 g/mol. The lowest BCUT2D eigenvalue weighted by Gasteiger charge is -2.26. The van der Waals surface area contributed by atoms with E-state index in [-0.39, 0.29) is 0 Å². The first-order valence-corrected chi connectivity index (χ1v) is 8.22. The first-order chi connectivity index (χ1) is 10.8. The van der Waals surface area contributed by atoms with Gasteiger partial charge in [-0.25, -0.2) is 4.99 Å². The van der Waals surface area contributed by atoms with Gasteiger partial charge in [-0.2, -0.15) is 0 Å². The molecular weight excluding hydrogens is 276 g/mol. The van der Waals surface area contributed by atoms with Gasteiger partial charge in [-0.15, -0.1) is 0 Å². The fourth-order valence-corrected chi connectivity index (χ4v) is 2.45. The van der Waals surface area contributed by atoms with E-state index in [1.807, 2.05) is 0 Å². The van der Waals surface area contributed by atoms with Crippen LogP contribution in [-0.2, 0) is 17.8 Å². The predicted molar refractivity (Wildman–Crippen MR) is 91.0 cm³/mol. The largest absolute Gasteiger partial charge is 0.379 e. The molecule has 0 aliphatic carbocycles. The van der Waals surface area contributed by atoms with E-state index < -0.39 is 0 Å². The van der Waals surface area contributed by atoms with Gasteiger partial charge in [0, 0.05) is 32.7 Å². The standard InChI is InChI=1S/C17H28N4O/c1-3-18-17(19-4-2)20-13-15-5-7-16(8-6-15)14-21-9-11-22-12-10-21/h5-8H,3-4,9-14H2,1-2H3,(H2,18,19,20). The van der Waals surface area contributed by atoms with E-state index in [0.29, 0.717) is 6.54 Å². The zero-order valence-corrected chi connectivity index (χ0v) is 13.8. The fourth-order valence-electron chi connectivity index (χ4n) is 2.45. The maximum absolute atomic E-state index is 5.38. The molecule has 0 spiro atoms. The number of morpholine rings is 1. The smallest absolute Gasteiger partial charge is 0.191 e. The molecule has 0 unspecified atom stereocenters. The van der Waals surface area contributed by atoms with Gasteiger partial charge < -0.3 is 15.4 Å². The first kappa shape index (κ1) is 16.8. The minimum absolute atomic E-state index is 0.702. The summed E-state index contributed by atoms with van der Waals surface area (Å²) >= 11 is 0. The highest BCUT2D eigenvalue weighted by Crippen LogP contribution is 2.10. The zero-order chi connectivity index (χ0) is 15.6. The highest BCUT2D eigenvalue weighted by Gasteiger charge is 2.10. The number of benzene rings is 1. The molecule has 1 heterocycles. The van der Waals surface area contributed by atoms with Crippen molar-refractivity contribution >= 4 is 5.96 Å². The summed E-state index contributed by atoms with van der Waals surface area (Å²) in [7, 11) is 0. The Hall–Kier alpha value is -1.59. The molecule has 122 valence electrons. The molecule has 2 N–H and O–H groups in total. The van der Waals surface area contributed by atoms with E-state index >= 15 is 0 Å².